The third-order valence-corrected chi connectivity index (χ3v) is 4.78. The summed E-state index contributed by atoms with van der Waals surface area (Å²) >= 11 is 0. The van der Waals surface area contributed by atoms with Crippen LogP contribution < -0.4 is 5.32 Å². The summed E-state index contributed by atoms with van der Waals surface area (Å²) in [4.78, 5) is 25.3. The molecule has 1 N–H and O–H groups in total. The third-order valence-electron chi connectivity index (χ3n) is 4.78. The predicted octanol–water partition coefficient (Wildman–Crippen LogP) is 3.91. The lowest BCUT2D eigenvalue weighted by Gasteiger charge is -2.09. The molecule has 0 aliphatic carbocycles. The quantitative estimate of drug-likeness (QED) is 0.455. The number of hydrogen-bond donors (Lipinski definition) is 1. The molecule has 0 unspecified atom stereocenters. The molecule has 0 radical (unpaired) electrons. The smallest absolute Gasteiger partial charge is 0.292 e. The van der Waals surface area contributed by atoms with Gasteiger partial charge in [-0.05, 0) is 51.0 Å². The van der Waals surface area contributed by atoms with Gasteiger partial charge in [0.1, 0.15) is 0 Å². The van der Waals surface area contributed by atoms with Gasteiger partial charge in [0, 0.05) is 6.54 Å². The first-order valence-corrected chi connectivity index (χ1v) is 10.0. The van der Waals surface area contributed by atoms with Gasteiger partial charge in [0.05, 0.1) is 35.3 Å². The standard InChI is InChI=1S/C24H27N3O3/c1-16(2)30-15-20-12-10-19(11-13-20)14-25-24(29)23(28)22-17(3)26-27(18(22)4)21-8-6-5-7-9-21/h5-13,16H,14-15H2,1-4H3,(H,25,29). The van der Waals surface area contributed by atoms with E-state index >= 15 is 0 Å². The first-order chi connectivity index (χ1) is 14.4. The van der Waals surface area contributed by atoms with E-state index in [1.54, 1.807) is 18.5 Å². The summed E-state index contributed by atoms with van der Waals surface area (Å²) < 4.78 is 7.27. The summed E-state index contributed by atoms with van der Waals surface area (Å²) in [5, 5.41) is 7.16. The van der Waals surface area contributed by atoms with E-state index in [9.17, 15) is 9.59 Å². The lowest BCUT2D eigenvalue weighted by atomic mass is 10.1. The normalized spacial score (nSPS) is 11.0. The highest BCUT2D eigenvalue weighted by atomic mass is 16.5. The van der Waals surface area contributed by atoms with Gasteiger partial charge in [-0.3, -0.25) is 9.59 Å². The fourth-order valence-electron chi connectivity index (χ4n) is 3.18. The van der Waals surface area contributed by atoms with E-state index in [0.717, 1.165) is 16.8 Å². The second-order valence-electron chi connectivity index (χ2n) is 7.48. The van der Waals surface area contributed by atoms with Crippen molar-refractivity contribution in [3.8, 4) is 5.69 Å². The molecule has 0 saturated heterocycles. The first-order valence-electron chi connectivity index (χ1n) is 10.0. The molecular weight excluding hydrogens is 378 g/mol. The Hall–Kier alpha value is -3.25. The number of amides is 1. The molecule has 3 rings (SSSR count). The molecule has 3 aromatic rings. The number of rotatable bonds is 8. The average molecular weight is 405 g/mol. The molecule has 0 spiro atoms. The van der Waals surface area contributed by atoms with Gasteiger partial charge in [-0.2, -0.15) is 5.10 Å². The fourth-order valence-corrected chi connectivity index (χ4v) is 3.18. The van der Waals surface area contributed by atoms with Crippen molar-refractivity contribution in [1.82, 2.24) is 15.1 Å². The first kappa shape index (κ1) is 21.5. The zero-order valence-corrected chi connectivity index (χ0v) is 17.8. The van der Waals surface area contributed by atoms with Gasteiger partial charge in [-0.15, -0.1) is 0 Å². The van der Waals surface area contributed by atoms with Crippen molar-refractivity contribution in [2.45, 2.75) is 47.0 Å². The summed E-state index contributed by atoms with van der Waals surface area (Å²) in [7, 11) is 0. The number of aromatic nitrogens is 2. The van der Waals surface area contributed by atoms with Gasteiger partial charge in [0.25, 0.3) is 11.7 Å². The number of benzene rings is 2. The Kier molecular flexibility index (Phi) is 6.79. The number of aryl methyl sites for hydroxylation is 1. The van der Waals surface area contributed by atoms with Crippen molar-refractivity contribution in [1.29, 1.82) is 0 Å². The Balaban J connectivity index is 1.65. The summed E-state index contributed by atoms with van der Waals surface area (Å²) in [6, 6.07) is 17.3. The number of ether oxygens (including phenoxy) is 1. The summed E-state index contributed by atoms with van der Waals surface area (Å²) in [5.41, 5.74) is 4.35. The van der Waals surface area contributed by atoms with E-state index in [1.807, 2.05) is 68.4 Å². The number of hydrogen-bond acceptors (Lipinski definition) is 4. The minimum absolute atomic E-state index is 0.174. The van der Waals surface area contributed by atoms with Crippen LogP contribution in [-0.4, -0.2) is 27.6 Å². The van der Waals surface area contributed by atoms with Crippen molar-refractivity contribution < 1.29 is 14.3 Å². The highest BCUT2D eigenvalue weighted by molar-refractivity contribution is 6.43. The van der Waals surface area contributed by atoms with Crippen molar-refractivity contribution in [2.75, 3.05) is 0 Å². The Morgan fingerprint density at radius 3 is 2.27 bits per heavy atom. The van der Waals surface area contributed by atoms with Gasteiger partial charge in [-0.1, -0.05) is 42.5 Å². The molecule has 1 aromatic heterocycles. The van der Waals surface area contributed by atoms with E-state index < -0.39 is 11.7 Å². The van der Waals surface area contributed by atoms with E-state index in [4.69, 9.17) is 4.74 Å². The molecule has 1 amide bonds. The molecule has 0 atom stereocenters. The van der Waals surface area contributed by atoms with Crippen LogP contribution in [0.25, 0.3) is 5.69 Å². The molecule has 0 aliphatic heterocycles. The maximum Gasteiger partial charge on any atom is 0.292 e. The number of ketones is 1. The van der Waals surface area contributed by atoms with E-state index in [2.05, 4.69) is 10.4 Å². The lowest BCUT2D eigenvalue weighted by Crippen LogP contribution is -2.31. The Morgan fingerprint density at radius 1 is 1.00 bits per heavy atom. The molecule has 2 aromatic carbocycles. The summed E-state index contributed by atoms with van der Waals surface area (Å²) in [5.74, 6) is -1.21. The number of para-hydroxylation sites is 1. The van der Waals surface area contributed by atoms with Crippen LogP contribution in [0.2, 0.25) is 0 Å². The van der Waals surface area contributed by atoms with Gasteiger partial charge < -0.3 is 10.1 Å². The molecule has 0 bridgehead atoms. The summed E-state index contributed by atoms with van der Waals surface area (Å²) in [6.07, 6.45) is 0.174. The van der Waals surface area contributed by atoms with Crippen LogP contribution in [0.3, 0.4) is 0 Å². The summed E-state index contributed by atoms with van der Waals surface area (Å²) in [6.45, 7) is 8.35. The maximum absolute atomic E-state index is 12.8. The number of nitrogens with zero attached hydrogens (tertiary/aromatic N) is 2. The van der Waals surface area contributed by atoms with Crippen LogP contribution in [0, 0.1) is 13.8 Å². The van der Waals surface area contributed by atoms with Crippen LogP contribution >= 0.6 is 0 Å². The predicted molar refractivity (Wildman–Crippen MR) is 116 cm³/mol. The zero-order valence-electron chi connectivity index (χ0n) is 17.8. The van der Waals surface area contributed by atoms with Gasteiger partial charge in [0.15, 0.2) is 0 Å². The largest absolute Gasteiger partial charge is 0.374 e. The maximum atomic E-state index is 12.8. The van der Waals surface area contributed by atoms with E-state index in [1.165, 1.54) is 0 Å². The second kappa shape index (κ2) is 9.50. The molecule has 6 heteroatoms. The van der Waals surface area contributed by atoms with Crippen LogP contribution in [0.1, 0.15) is 46.7 Å². The molecule has 6 nitrogen and oxygen atoms in total. The van der Waals surface area contributed by atoms with Gasteiger partial charge in [-0.25, -0.2) is 4.68 Å². The molecule has 0 saturated carbocycles. The number of nitrogens with one attached hydrogen (secondary N) is 1. The zero-order chi connectivity index (χ0) is 21.7. The monoisotopic (exact) mass is 405 g/mol. The van der Waals surface area contributed by atoms with Gasteiger partial charge in [0.2, 0.25) is 0 Å². The average Bonchev–Trinajstić information content (AvgIpc) is 3.05. The third kappa shape index (κ3) is 5.02. The Morgan fingerprint density at radius 2 is 1.63 bits per heavy atom. The Labute approximate surface area is 176 Å². The van der Waals surface area contributed by atoms with Crippen LogP contribution in [0.5, 0.6) is 0 Å². The Bertz CT molecular complexity index is 1020. The molecular formula is C24H27N3O3. The lowest BCUT2D eigenvalue weighted by molar-refractivity contribution is -0.117. The molecule has 0 fully saturated rings. The minimum Gasteiger partial charge on any atom is -0.374 e. The van der Waals surface area contributed by atoms with Crippen molar-refractivity contribution in [3.63, 3.8) is 0 Å². The minimum atomic E-state index is -0.638. The highest BCUT2D eigenvalue weighted by Crippen LogP contribution is 2.18. The molecule has 156 valence electrons. The van der Waals surface area contributed by atoms with Crippen molar-refractivity contribution in [2.24, 2.45) is 0 Å². The number of carbonyl (C=O) groups excluding carboxylic acids is 2. The van der Waals surface area contributed by atoms with Gasteiger partial charge >= 0.3 is 0 Å². The molecule has 1 heterocycles. The topological polar surface area (TPSA) is 73.2 Å². The number of Topliss-reactive ketones (excluding diaryl/α,β-unsaturated/α-hetero) is 1. The van der Waals surface area contributed by atoms with Crippen molar-refractivity contribution in [3.05, 3.63) is 82.7 Å². The second-order valence-corrected chi connectivity index (χ2v) is 7.48. The molecule has 0 aliphatic rings. The highest BCUT2D eigenvalue weighted by Gasteiger charge is 2.24. The van der Waals surface area contributed by atoms with E-state index in [0.29, 0.717) is 23.6 Å². The van der Waals surface area contributed by atoms with Crippen LogP contribution in [0.15, 0.2) is 54.6 Å². The van der Waals surface area contributed by atoms with Crippen molar-refractivity contribution >= 4 is 11.7 Å². The van der Waals surface area contributed by atoms with E-state index in [-0.39, 0.29) is 12.6 Å². The van der Waals surface area contributed by atoms with Crippen LogP contribution in [0.4, 0.5) is 0 Å². The fraction of sp³-hybridized carbons (Fsp3) is 0.292. The molecule has 30 heavy (non-hydrogen) atoms. The SMILES string of the molecule is Cc1nn(-c2ccccc2)c(C)c1C(=O)C(=O)NCc1ccc(COC(C)C)cc1. The van der Waals surface area contributed by atoms with Crippen LogP contribution in [-0.2, 0) is 22.7 Å². The number of carbonyl (C=O) groups is 2.